The number of piperidine rings is 1. The number of hydrogen-bond acceptors (Lipinski definition) is 4. The van der Waals surface area contributed by atoms with Crippen molar-refractivity contribution in [2.24, 2.45) is 0 Å². The van der Waals surface area contributed by atoms with Crippen LogP contribution in [0.4, 0.5) is 5.69 Å². The lowest BCUT2D eigenvalue weighted by Crippen LogP contribution is -2.52. The molecule has 0 spiro atoms. The van der Waals surface area contributed by atoms with Gasteiger partial charge in [-0.2, -0.15) is 0 Å². The van der Waals surface area contributed by atoms with Crippen LogP contribution in [0.15, 0.2) is 24.3 Å². The highest BCUT2D eigenvalue weighted by Gasteiger charge is 2.25. The molecule has 6 nitrogen and oxygen atoms in total. The molecule has 2 fully saturated rings. The molecule has 0 unspecified atom stereocenters. The van der Waals surface area contributed by atoms with E-state index in [0.29, 0.717) is 19.6 Å². The molecule has 0 aromatic heterocycles. The molecule has 2 saturated heterocycles. The third-order valence-corrected chi connectivity index (χ3v) is 5.34. The largest absolute Gasteiger partial charge is 0.378 e. The first kappa shape index (κ1) is 18.7. The van der Waals surface area contributed by atoms with Gasteiger partial charge in [-0.1, -0.05) is 6.07 Å². The lowest BCUT2D eigenvalue weighted by molar-refractivity contribution is -0.133. The van der Waals surface area contributed by atoms with Gasteiger partial charge in [-0.15, -0.1) is 0 Å². The van der Waals surface area contributed by atoms with Crippen LogP contribution < -0.4 is 4.90 Å². The average Bonchev–Trinajstić information content (AvgIpc) is 2.68. The normalized spacial score (nSPS) is 18.7. The van der Waals surface area contributed by atoms with Gasteiger partial charge in [0.05, 0.1) is 6.54 Å². The average molecular weight is 358 g/mol. The first-order valence-corrected chi connectivity index (χ1v) is 9.61. The lowest BCUT2D eigenvalue weighted by atomic mass is 10.1. The van der Waals surface area contributed by atoms with Crippen molar-refractivity contribution in [2.75, 3.05) is 64.8 Å². The van der Waals surface area contributed by atoms with E-state index in [1.807, 2.05) is 53.1 Å². The molecule has 26 heavy (non-hydrogen) atoms. The number of carbonyl (C=O) groups is 2. The molecular formula is C20H30N4O2. The van der Waals surface area contributed by atoms with Gasteiger partial charge in [0.15, 0.2) is 0 Å². The first-order valence-electron chi connectivity index (χ1n) is 9.61. The van der Waals surface area contributed by atoms with Crippen LogP contribution in [0.2, 0.25) is 0 Å². The summed E-state index contributed by atoms with van der Waals surface area (Å²) in [4.78, 5) is 33.2. The number of benzene rings is 1. The zero-order chi connectivity index (χ0) is 18.5. The molecule has 1 aromatic rings. The minimum Gasteiger partial charge on any atom is -0.378 e. The smallest absolute Gasteiger partial charge is 0.254 e. The summed E-state index contributed by atoms with van der Waals surface area (Å²) in [7, 11) is 3.95. The number of carbonyl (C=O) groups excluding carboxylic acids is 2. The fourth-order valence-corrected chi connectivity index (χ4v) is 3.64. The van der Waals surface area contributed by atoms with Gasteiger partial charge in [0.2, 0.25) is 5.91 Å². The van der Waals surface area contributed by atoms with Gasteiger partial charge in [0.25, 0.3) is 5.91 Å². The van der Waals surface area contributed by atoms with E-state index < -0.39 is 0 Å². The van der Waals surface area contributed by atoms with E-state index in [1.165, 1.54) is 6.42 Å². The summed E-state index contributed by atoms with van der Waals surface area (Å²) in [6.07, 6.45) is 3.49. The Balaban J connectivity index is 1.50. The van der Waals surface area contributed by atoms with Crippen molar-refractivity contribution >= 4 is 17.5 Å². The molecule has 0 N–H and O–H groups in total. The summed E-state index contributed by atoms with van der Waals surface area (Å²) in [5.74, 6) is 0.318. The van der Waals surface area contributed by atoms with Crippen molar-refractivity contribution in [3.8, 4) is 0 Å². The summed E-state index contributed by atoms with van der Waals surface area (Å²) >= 11 is 0. The van der Waals surface area contributed by atoms with Gasteiger partial charge < -0.3 is 14.7 Å². The SMILES string of the molecule is CN(C)c1cccc(C(=O)N2CCN(CC(=O)N3CCCCC3)CC2)c1. The van der Waals surface area contributed by atoms with E-state index in [1.54, 1.807) is 0 Å². The van der Waals surface area contributed by atoms with Gasteiger partial charge in [0, 0.05) is 64.6 Å². The monoisotopic (exact) mass is 358 g/mol. The Morgan fingerprint density at radius 3 is 2.27 bits per heavy atom. The van der Waals surface area contributed by atoms with Crippen LogP contribution in [0.1, 0.15) is 29.6 Å². The molecule has 2 aliphatic rings. The number of piperazine rings is 1. The maximum absolute atomic E-state index is 12.8. The molecule has 0 bridgehead atoms. The van der Waals surface area contributed by atoms with Gasteiger partial charge in [-0.05, 0) is 37.5 Å². The van der Waals surface area contributed by atoms with Crippen LogP contribution in [0.25, 0.3) is 0 Å². The number of likely N-dealkylation sites (tertiary alicyclic amines) is 1. The van der Waals surface area contributed by atoms with E-state index in [2.05, 4.69) is 4.90 Å². The van der Waals surface area contributed by atoms with E-state index in [0.717, 1.165) is 50.3 Å². The summed E-state index contributed by atoms with van der Waals surface area (Å²) in [6.45, 7) is 5.17. The molecule has 0 aliphatic carbocycles. The summed E-state index contributed by atoms with van der Waals surface area (Å²) < 4.78 is 0. The molecule has 142 valence electrons. The molecule has 2 amide bonds. The fourth-order valence-electron chi connectivity index (χ4n) is 3.64. The molecule has 2 heterocycles. The standard InChI is InChI=1S/C20H30N4O2/c1-21(2)18-8-6-7-17(15-18)20(26)24-13-11-22(12-14-24)16-19(25)23-9-4-3-5-10-23/h6-8,15H,3-5,9-14,16H2,1-2H3. The second kappa shape index (κ2) is 8.54. The molecule has 0 radical (unpaired) electrons. The van der Waals surface area contributed by atoms with E-state index in [4.69, 9.17) is 0 Å². The Morgan fingerprint density at radius 1 is 0.923 bits per heavy atom. The Hall–Kier alpha value is -2.08. The van der Waals surface area contributed by atoms with E-state index >= 15 is 0 Å². The highest BCUT2D eigenvalue weighted by Crippen LogP contribution is 2.16. The van der Waals surface area contributed by atoms with Crippen molar-refractivity contribution in [1.82, 2.24) is 14.7 Å². The number of anilines is 1. The first-order chi connectivity index (χ1) is 12.5. The van der Waals surface area contributed by atoms with Gasteiger partial charge in [0.1, 0.15) is 0 Å². The molecule has 0 atom stereocenters. The van der Waals surface area contributed by atoms with Crippen molar-refractivity contribution in [3.05, 3.63) is 29.8 Å². The van der Waals surface area contributed by atoms with Gasteiger partial charge >= 0.3 is 0 Å². The topological polar surface area (TPSA) is 47.1 Å². The van der Waals surface area contributed by atoms with Gasteiger partial charge in [-0.25, -0.2) is 0 Å². The second-order valence-electron chi connectivity index (χ2n) is 7.45. The summed E-state index contributed by atoms with van der Waals surface area (Å²) in [6, 6.07) is 7.74. The van der Waals surface area contributed by atoms with Crippen LogP contribution in [0.3, 0.4) is 0 Å². The zero-order valence-corrected chi connectivity index (χ0v) is 16.0. The van der Waals surface area contributed by atoms with Crippen LogP contribution in [-0.2, 0) is 4.79 Å². The Bertz CT molecular complexity index is 632. The minimum atomic E-state index is 0.0794. The Labute approximate surface area is 156 Å². The molecule has 6 heteroatoms. The van der Waals surface area contributed by atoms with Crippen LogP contribution >= 0.6 is 0 Å². The van der Waals surface area contributed by atoms with Gasteiger partial charge in [-0.3, -0.25) is 14.5 Å². The molecule has 1 aromatic carbocycles. The predicted octanol–water partition coefficient (Wildman–Crippen LogP) is 1.52. The third-order valence-electron chi connectivity index (χ3n) is 5.34. The molecular weight excluding hydrogens is 328 g/mol. The summed E-state index contributed by atoms with van der Waals surface area (Å²) in [5, 5.41) is 0. The number of nitrogens with zero attached hydrogens (tertiary/aromatic N) is 4. The van der Waals surface area contributed by atoms with Crippen molar-refractivity contribution in [3.63, 3.8) is 0 Å². The van der Waals surface area contributed by atoms with Crippen LogP contribution in [0, 0.1) is 0 Å². The van der Waals surface area contributed by atoms with E-state index in [9.17, 15) is 9.59 Å². The van der Waals surface area contributed by atoms with Crippen molar-refractivity contribution < 1.29 is 9.59 Å². The maximum Gasteiger partial charge on any atom is 0.254 e. The fraction of sp³-hybridized carbons (Fsp3) is 0.600. The quantitative estimate of drug-likeness (QED) is 0.819. The third kappa shape index (κ3) is 4.55. The number of rotatable bonds is 4. The van der Waals surface area contributed by atoms with Crippen molar-refractivity contribution in [2.45, 2.75) is 19.3 Å². The Morgan fingerprint density at radius 2 is 1.62 bits per heavy atom. The number of hydrogen-bond donors (Lipinski definition) is 0. The molecule has 3 rings (SSSR count). The summed E-state index contributed by atoms with van der Waals surface area (Å²) in [5.41, 5.74) is 1.76. The Kier molecular flexibility index (Phi) is 6.14. The molecule has 2 aliphatic heterocycles. The predicted molar refractivity (Wildman–Crippen MR) is 104 cm³/mol. The molecule has 0 saturated carbocycles. The highest BCUT2D eigenvalue weighted by molar-refractivity contribution is 5.95. The minimum absolute atomic E-state index is 0.0794. The second-order valence-corrected chi connectivity index (χ2v) is 7.45. The number of amides is 2. The van der Waals surface area contributed by atoms with Crippen LogP contribution in [-0.4, -0.2) is 86.4 Å². The zero-order valence-electron chi connectivity index (χ0n) is 16.0. The van der Waals surface area contributed by atoms with E-state index in [-0.39, 0.29) is 11.8 Å². The lowest BCUT2D eigenvalue weighted by Gasteiger charge is -2.36. The van der Waals surface area contributed by atoms with Crippen LogP contribution in [0.5, 0.6) is 0 Å². The van der Waals surface area contributed by atoms with Crippen molar-refractivity contribution in [1.29, 1.82) is 0 Å². The highest BCUT2D eigenvalue weighted by atomic mass is 16.2. The maximum atomic E-state index is 12.8.